The van der Waals surface area contributed by atoms with Crippen molar-refractivity contribution in [2.45, 2.75) is 72.6 Å². The summed E-state index contributed by atoms with van der Waals surface area (Å²) in [5, 5.41) is 10.0. The maximum absolute atomic E-state index is 11.4. The molecule has 2 rings (SSSR count). The molecule has 136 valence electrons. The van der Waals surface area contributed by atoms with Crippen LogP contribution in [0.1, 0.15) is 72.6 Å². The molecule has 1 N–H and O–H groups in total. The van der Waals surface area contributed by atoms with Gasteiger partial charge in [0, 0.05) is 12.7 Å². The summed E-state index contributed by atoms with van der Waals surface area (Å²) in [6.07, 6.45) is 9.41. The van der Waals surface area contributed by atoms with E-state index in [2.05, 4.69) is 20.8 Å². The minimum atomic E-state index is -0.267. The number of methoxy groups -OCH3 is 1. The summed E-state index contributed by atoms with van der Waals surface area (Å²) in [4.78, 5) is 11.4. The molecule has 0 heterocycles. The van der Waals surface area contributed by atoms with Gasteiger partial charge >= 0.3 is 5.97 Å². The van der Waals surface area contributed by atoms with Crippen molar-refractivity contribution in [1.29, 1.82) is 0 Å². The molecular weight excluding hydrogens is 300 g/mol. The van der Waals surface area contributed by atoms with Gasteiger partial charge in [0.15, 0.2) is 0 Å². The number of rotatable bonds is 5. The van der Waals surface area contributed by atoms with Crippen molar-refractivity contribution >= 4 is 5.97 Å². The lowest BCUT2D eigenvalue weighted by Gasteiger charge is -2.56. The molecule has 0 bridgehead atoms. The first-order valence-electron chi connectivity index (χ1n) is 9.32. The van der Waals surface area contributed by atoms with Crippen molar-refractivity contribution in [3.05, 3.63) is 22.8 Å². The highest BCUT2D eigenvalue weighted by Gasteiger charge is 2.51. The number of aliphatic hydroxyl groups excluding tert-OH is 1. The second-order valence-corrected chi connectivity index (χ2v) is 8.45. The first-order chi connectivity index (χ1) is 11.3. The second kappa shape index (κ2) is 7.43. The maximum atomic E-state index is 11.4. The van der Waals surface area contributed by atoms with Crippen molar-refractivity contribution < 1.29 is 14.6 Å². The predicted octanol–water partition coefficient (Wildman–Crippen LogP) is 4.80. The molecule has 1 saturated carbocycles. The number of allylic oxidation sites excluding steroid dienone is 3. The summed E-state index contributed by atoms with van der Waals surface area (Å²) in [5.41, 5.74) is 4.44. The van der Waals surface area contributed by atoms with Crippen molar-refractivity contribution in [3.8, 4) is 0 Å². The van der Waals surface area contributed by atoms with Gasteiger partial charge in [-0.05, 0) is 69.1 Å². The first kappa shape index (κ1) is 19.2. The Hall–Kier alpha value is -1.09. The third-order valence-electron chi connectivity index (χ3n) is 6.76. The molecule has 3 unspecified atom stereocenters. The van der Waals surface area contributed by atoms with E-state index in [0.717, 1.165) is 31.3 Å². The summed E-state index contributed by atoms with van der Waals surface area (Å²) in [6, 6.07) is 0. The van der Waals surface area contributed by atoms with Gasteiger partial charge in [-0.2, -0.15) is 0 Å². The van der Waals surface area contributed by atoms with E-state index in [-0.39, 0.29) is 16.8 Å². The minimum Gasteiger partial charge on any atom is -0.466 e. The third kappa shape index (κ3) is 3.61. The molecule has 24 heavy (non-hydrogen) atoms. The van der Waals surface area contributed by atoms with Crippen LogP contribution in [0.2, 0.25) is 0 Å². The minimum absolute atomic E-state index is 0.0514. The highest BCUT2D eigenvalue weighted by atomic mass is 16.5. The molecule has 1 fully saturated rings. The summed E-state index contributed by atoms with van der Waals surface area (Å²) in [5.74, 6) is 0.295. The van der Waals surface area contributed by atoms with E-state index in [0.29, 0.717) is 12.5 Å². The Kier molecular flexibility index (Phi) is 5.95. The average Bonchev–Trinajstić information content (AvgIpc) is 2.53. The summed E-state index contributed by atoms with van der Waals surface area (Å²) in [6.45, 7) is 9.27. The third-order valence-corrected chi connectivity index (χ3v) is 6.76. The van der Waals surface area contributed by atoms with Crippen LogP contribution in [0, 0.1) is 16.7 Å². The second-order valence-electron chi connectivity index (χ2n) is 8.45. The number of hydrogen-bond donors (Lipinski definition) is 1. The Balaban J connectivity index is 2.22. The lowest BCUT2D eigenvalue weighted by atomic mass is 9.49. The van der Waals surface area contributed by atoms with Crippen molar-refractivity contribution in [3.63, 3.8) is 0 Å². The molecule has 3 heteroatoms. The highest BCUT2D eigenvalue weighted by Crippen LogP contribution is 2.60. The standard InChI is InChI=1S/C21H34O3/c1-15(13-19(23)24-5)7-9-17-16(2)8-10-18-20(3,14-22)11-6-12-21(17,18)4/h13,18,22H,6-12,14H2,1-5H3. The van der Waals surface area contributed by atoms with Crippen molar-refractivity contribution in [2.24, 2.45) is 16.7 Å². The number of hydrogen-bond acceptors (Lipinski definition) is 3. The van der Waals surface area contributed by atoms with Crippen LogP contribution in [-0.4, -0.2) is 24.8 Å². The van der Waals surface area contributed by atoms with Crippen molar-refractivity contribution in [1.82, 2.24) is 0 Å². The van der Waals surface area contributed by atoms with Crippen molar-refractivity contribution in [2.75, 3.05) is 13.7 Å². The molecule has 2 aliphatic carbocycles. The van der Waals surface area contributed by atoms with Gasteiger partial charge in [0.25, 0.3) is 0 Å². The van der Waals surface area contributed by atoms with Gasteiger partial charge in [-0.15, -0.1) is 0 Å². The molecule has 0 aromatic heterocycles. The Labute approximate surface area is 147 Å². The number of carbonyl (C=O) groups excluding carboxylic acids is 1. The Morgan fingerprint density at radius 1 is 1.38 bits per heavy atom. The topological polar surface area (TPSA) is 46.5 Å². The molecule has 3 nitrogen and oxygen atoms in total. The smallest absolute Gasteiger partial charge is 0.330 e. The SMILES string of the molecule is COC(=O)C=C(C)CCC1=C(C)CCC2C(C)(CO)CCCC12C. The molecular formula is C21H34O3. The van der Waals surface area contributed by atoms with Crippen LogP contribution in [0.5, 0.6) is 0 Å². The normalized spacial score (nSPS) is 34.1. The zero-order valence-electron chi connectivity index (χ0n) is 16.1. The van der Waals surface area contributed by atoms with E-state index in [9.17, 15) is 9.90 Å². The van der Waals surface area contributed by atoms with E-state index < -0.39 is 0 Å². The fourth-order valence-corrected chi connectivity index (χ4v) is 5.35. The average molecular weight is 335 g/mol. The van der Waals surface area contributed by atoms with Gasteiger partial charge in [0.05, 0.1) is 7.11 Å². The highest BCUT2D eigenvalue weighted by molar-refractivity contribution is 5.82. The van der Waals surface area contributed by atoms with Crippen LogP contribution in [0.4, 0.5) is 0 Å². The van der Waals surface area contributed by atoms with Crippen LogP contribution in [0.3, 0.4) is 0 Å². The molecule has 0 radical (unpaired) electrons. The number of carbonyl (C=O) groups is 1. The molecule has 3 atom stereocenters. The lowest BCUT2D eigenvalue weighted by molar-refractivity contribution is -0.134. The Bertz CT molecular complexity index is 545. The fraction of sp³-hybridized carbons (Fsp3) is 0.762. The molecule has 0 aromatic carbocycles. The van der Waals surface area contributed by atoms with Crippen LogP contribution >= 0.6 is 0 Å². The Morgan fingerprint density at radius 2 is 2.08 bits per heavy atom. The van der Waals surface area contributed by atoms with E-state index >= 15 is 0 Å². The number of ether oxygens (including phenoxy) is 1. The predicted molar refractivity (Wildman–Crippen MR) is 97.6 cm³/mol. The van der Waals surface area contributed by atoms with Gasteiger partial charge in [-0.1, -0.05) is 37.0 Å². The Morgan fingerprint density at radius 3 is 2.71 bits per heavy atom. The van der Waals surface area contributed by atoms with Gasteiger partial charge in [-0.3, -0.25) is 0 Å². The molecule has 0 saturated heterocycles. The first-order valence-corrected chi connectivity index (χ1v) is 9.32. The molecule has 2 aliphatic rings. The van der Waals surface area contributed by atoms with Gasteiger partial charge in [0.2, 0.25) is 0 Å². The number of esters is 1. The largest absolute Gasteiger partial charge is 0.466 e. The molecule has 0 amide bonds. The molecule has 0 aliphatic heterocycles. The monoisotopic (exact) mass is 334 g/mol. The van der Waals surface area contributed by atoms with E-state index in [1.165, 1.54) is 31.9 Å². The zero-order chi connectivity index (χ0) is 18.0. The number of aliphatic hydroxyl groups is 1. The lowest BCUT2D eigenvalue weighted by Crippen LogP contribution is -2.48. The maximum Gasteiger partial charge on any atom is 0.330 e. The van der Waals surface area contributed by atoms with E-state index in [1.54, 1.807) is 11.6 Å². The van der Waals surface area contributed by atoms with Gasteiger partial charge in [-0.25, -0.2) is 4.79 Å². The molecule has 0 spiro atoms. The van der Waals surface area contributed by atoms with Gasteiger partial charge < -0.3 is 9.84 Å². The fourth-order valence-electron chi connectivity index (χ4n) is 5.35. The van der Waals surface area contributed by atoms with Gasteiger partial charge in [0.1, 0.15) is 0 Å². The van der Waals surface area contributed by atoms with Crippen LogP contribution < -0.4 is 0 Å². The van der Waals surface area contributed by atoms with Crippen LogP contribution in [-0.2, 0) is 9.53 Å². The van der Waals surface area contributed by atoms with E-state index in [4.69, 9.17) is 4.74 Å². The summed E-state index contributed by atoms with van der Waals surface area (Å²) < 4.78 is 4.73. The van der Waals surface area contributed by atoms with Crippen LogP contribution in [0.15, 0.2) is 22.8 Å². The molecule has 0 aromatic rings. The zero-order valence-corrected chi connectivity index (χ0v) is 16.1. The summed E-state index contributed by atoms with van der Waals surface area (Å²) >= 11 is 0. The summed E-state index contributed by atoms with van der Waals surface area (Å²) in [7, 11) is 1.42. The van der Waals surface area contributed by atoms with E-state index in [1.807, 2.05) is 6.92 Å². The van der Waals surface area contributed by atoms with Crippen LogP contribution in [0.25, 0.3) is 0 Å². The number of fused-ring (bicyclic) bond motifs is 1. The quantitative estimate of drug-likeness (QED) is 0.446.